The third kappa shape index (κ3) is 15.1. The van der Waals surface area contributed by atoms with Crippen molar-refractivity contribution >= 4 is 36.0 Å². The number of hydrogen-bond donors (Lipinski definition) is 3. The van der Waals surface area contributed by atoms with Crippen molar-refractivity contribution in [3.05, 3.63) is 0 Å². The van der Waals surface area contributed by atoms with E-state index in [-0.39, 0.29) is 36.1 Å². The molecule has 0 spiro atoms. The predicted octanol–water partition coefficient (Wildman–Crippen LogP) is 3.13. The minimum Gasteiger partial charge on any atom is -0.444 e. The Morgan fingerprint density at radius 1 is 1.12 bits per heavy atom. The van der Waals surface area contributed by atoms with Gasteiger partial charge in [-0.1, -0.05) is 26.7 Å². The van der Waals surface area contributed by atoms with Crippen LogP contribution in [0.5, 0.6) is 0 Å². The zero-order valence-electron chi connectivity index (χ0n) is 21.5. The van der Waals surface area contributed by atoms with E-state index in [0.717, 1.165) is 71.0 Å². The number of piperazine rings is 1. The van der Waals surface area contributed by atoms with Crippen molar-refractivity contribution in [3.63, 3.8) is 0 Å². The molecule has 190 valence electrons. The number of likely N-dealkylation sites (N-methyl/N-ethyl adjacent to an activating group) is 1. The second kappa shape index (κ2) is 16.7. The molecule has 1 aliphatic rings. The molecular formula is C23H49IN6O2. The van der Waals surface area contributed by atoms with Crippen LogP contribution in [0.2, 0.25) is 0 Å². The van der Waals surface area contributed by atoms with Crippen LogP contribution in [-0.4, -0.2) is 92.9 Å². The molecule has 1 fully saturated rings. The van der Waals surface area contributed by atoms with Gasteiger partial charge in [0.05, 0.1) is 0 Å². The Kier molecular flexibility index (Phi) is 16.3. The van der Waals surface area contributed by atoms with Crippen LogP contribution in [0.1, 0.15) is 60.8 Å². The lowest BCUT2D eigenvalue weighted by atomic mass is 10.1. The van der Waals surface area contributed by atoms with Crippen molar-refractivity contribution in [2.75, 3.05) is 59.4 Å². The number of alkyl carbamates (subject to hydrolysis) is 1. The Balaban J connectivity index is 0.00000961. The molecule has 0 aromatic rings. The van der Waals surface area contributed by atoms with Gasteiger partial charge in [-0.05, 0) is 47.1 Å². The molecule has 9 heteroatoms. The lowest BCUT2D eigenvalue weighted by molar-refractivity contribution is 0.0522. The van der Waals surface area contributed by atoms with Crippen LogP contribution >= 0.6 is 24.0 Å². The summed E-state index contributed by atoms with van der Waals surface area (Å²) in [6, 6.07) is 0.109. The van der Waals surface area contributed by atoms with Crippen molar-refractivity contribution < 1.29 is 9.53 Å². The van der Waals surface area contributed by atoms with Gasteiger partial charge in [-0.15, -0.1) is 24.0 Å². The molecule has 32 heavy (non-hydrogen) atoms. The van der Waals surface area contributed by atoms with E-state index < -0.39 is 5.60 Å². The van der Waals surface area contributed by atoms with E-state index in [0.29, 0.717) is 12.5 Å². The number of rotatable bonds is 11. The molecule has 2 unspecified atom stereocenters. The number of carbonyl (C=O) groups is 1. The highest BCUT2D eigenvalue weighted by molar-refractivity contribution is 14.0. The van der Waals surface area contributed by atoms with Crippen molar-refractivity contribution in [2.45, 2.75) is 72.4 Å². The normalized spacial score (nSPS) is 17.8. The van der Waals surface area contributed by atoms with E-state index >= 15 is 0 Å². The first-order valence-corrected chi connectivity index (χ1v) is 12.1. The van der Waals surface area contributed by atoms with Crippen molar-refractivity contribution in [1.29, 1.82) is 0 Å². The average Bonchev–Trinajstić information content (AvgIpc) is 2.68. The first-order valence-electron chi connectivity index (χ1n) is 12.1. The molecule has 0 bridgehead atoms. The van der Waals surface area contributed by atoms with Gasteiger partial charge < -0.3 is 30.5 Å². The van der Waals surface area contributed by atoms with Crippen molar-refractivity contribution in [1.82, 2.24) is 25.8 Å². The topological polar surface area (TPSA) is 81.2 Å². The first kappa shape index (κ1) is 31.2. The van der Waals surface area contributed by atoms with Gasteiger partial charge in [0.25, 0.3) is 0 Å². The third-order valence-corrected chi connectivity index (χ3v) is 5.21. The van der Waals surface area contributed by atoms with Gasteiger partial charge in [-0.2, -0.15) is 0 Å². The van der Waals surface area contributed by atoms with Gasteiger partial charge in [0, 0.05) is 58.4 Å². The monoisotopic (exact) mass is 568 g/mol. The maximum Gasteiger partial charge on any atom is 0.407 e. The summed E-state index contributed by atoms with van der Waals surface area (Å²) in [5.41, 5.74) is -0.493. The van der Waals surface area contributed by atoms with Crippen molar-refractivity contribution in [3.8, 4) is 0 Å². The third-order valence-electron chi connectivity index (χ3n) is 5.21. The average molecular weight is 569 g/mol. The first-order chi connectivity index (χ1) is 14.6. The van der Waals surface area contributed by atoms with Gasteiger partial charge in [0.15, 0.2) is 5.96 Å². The number of hydrogen-bond acceptors (Lipinski definition) is 5. The summed E-state index contributed by atoms with van der Waals surface area (Å²) >= 11 is 0. The highest BCUT2D eigenvalue weighted by Crippen LogP contribution is 2.07. The van der Waals surface area contributed by atoms with Crippen LogP contribution in [0.15, 0.2) is 4.99 Å². The van der Waals surface area contributed by atoms with Crippen LogP contribution in [0.25, 0.3) is 0 Å². The Labute approximate surface area is 213 Å². The van der Waals surface area contributed by atoms with Crippen LogP contribution in [0.4, 0.5) is 4.79 Å². The molecule has 8 nitrogen and oxygen atoms in total. The molecule has 1 rings (SSSR count). The molecule has 3 N–H and O–H groups in total. The summed E-state index contributed by atoms with van der Waals surface area (Å²) in [6.45, 7) is 19.9. The van der Waals surface area contributed by atoms with E-state index in [4.69, 9.17) is 9.73 Å². The quantitative estimate of drug-likeness (QED) is 0.202. The zero-order chi connectivity index (χ0) is 23.3. The number of nitrogens with zero attached hydrogens (tertiary/aromatic N) is 3. The Morgan fingerprint density at radius 3 is 2.34 bits per heavy atom. The molecule has 1 aliphatic heterocycles. The van der Waals surface area contributed by atoms with E-state index in [1.54, 1.807) is 0 Å². The summed E-state index contributed by atoms with van der Waals surface area (Å²) in [7, 11) is 2.19. The van der Waals surface area contributed by atoms with Crippen LogP contribution in [0.3, 0.4) is 0 Å². The predicted molar refractivity (Wildman–Crippen MR) is 145 cm³/mol. The highest BCUT2D eigenvalue weighted by atomic mass is 127. The van der Waals surface area contributed by atoms with Crippen LogP contribution < -0.4 is 16.0 Å². The number of unbranched alkanes of at least 4 members (excludes halogenated alkanes) is 1. The van der Waals surface area contributed by atoms with E-state index in [9.17, 15) is 4.79 Å². The molecular weight excluding hydrogens is 519 g/mol. The Bertz CT molecular complexity index is 533. The number of carbonyl (C=O) groups excluding carboxylic acids is 1. The van der Waals surface area contributed by atoms with Gasteiger partial charge in [-0.25, -0.2) is 4.79 Å². The summed E-state index contributed by atoms with van der Waals surface area (Å²) < 4.78 is 5.37. The second-order valence-corrected chi connectivity index (χ2v) is 9.79. The Morgan fingerprint density at radius 2 is 1.78 bits per heavy atom. The van der Waals surface area contributed by atoms with Gasteiger partial charge in [-0.3, -0.25) is 4.99 Å². The van der Waals surface area contributed by atoms with Gasteiger partial charge in [0.1, 0.15) is 5.60 Å². The van der Waals surface area contributed by atoms with Crippen molar-refractivity contribution in [2.24, 2.45) is 10.9 Å². The maximum atomic E-state index is 12.1. The Hall–Kier alpha value is -0.810. The molecule has 0 aliphatic carbocycles. The maximum absolute atomic E-state index is 12.1. The second-order valence-electron chi connectivity index (χ2n) is 9.79. The SMILES string of the molecule is CCCCC(CNC(=O)OC(C)(C)C)NC(=NCC(C)CN1CCN(C)CC1)NCC.I. The van der Waals surface area contributed by atoms with Gasteiger partial charge >= 0.3 is 6.09 Å². The molecule has 2 atom stereocenters. The largest absolute Gasteiger partial charge is 0.444 e. The molecule has 0 saturated carbocycles. The minimum atomic E-state index is -0.493. The summed E-state index contributed by atoms with van der Waals surface area (Å²) in [5.74, 6) is 1.31. The number of amides is 1. The number of nitrogens with one attached hydrogen (secondary N) is 3. The molecule has 0 radical (unpaired) electrons. The smallest absolute Gasteiger partial charge is 0.407 e. The lowest BCUT2D eigenvalue weighted by Gasteiger charge is -2.33. The fraction of sp³-hybridized carbons (Fsp3) is 0.913. The molecule has 1 heterocycles. The zero-order valence-corrected chi connectivity index (χ0v) is 23.8. The summed E-state index contributed by atoms with van der Waals surface area (Å²) in [4.78, 5) is 21.8. The number of aliphatic imine (C=N–C) groups is 1. The summed E-state index contributed by atoms with van der Waals surface area (Å²) in [6.07, 6.45) is 2.79. The van der Waals surface area contributed by atoms with E-state index in [1.807, 2.05) is 20.8 Å². The van der Waals surface area contributed by atoms with Crippen LogP contribution in [0, 0.1) is 5.92 Å². The fourth-order valence-corrected chi connectivity index (χ4v) is 3.49. The molecule has 0 aromatic heterocycles. The fourth-order valence-electron chi connectivity index (χ4n) is 3.49. The number of ether oxygens (including phenoxy) is 1. The van der Waals surface area contributed by atoms with E-state index in [1.165, 1.54) is 0 Å². The summed E-state index contributed by atoms with van der Waals surface area (Å²) in [5, 5.41) is 9.78. The number of halogens is 1. The minimum absolute atomic E-state index is 0. The highest BCUT2D eigenvalue weighted by Gasteiger charge is 2.19. The van der Waals surface area contributed by atoms with Gasteiger partial charge in [0.2, 0.25) is 0 Å². The van der Waals surface area contributed by atoms with Crippen LogP contribution in [-0.2, 0) is 4.74 Å². The number of guanidine groups is 1. The lowest BCUT2D eigenvalue weighted by Crippen LogP contribution is -2.49. The molecule has 0 aromatic carbocycles. The molecule has 1 saturated heterocycles. The van der Waals surface area contributed by atoms with E-state index in [2.05, 4.69) is 53.6 Å². The molecule has 1 amide bonds. The standard InChI is InChI=1S/C23H48N6O2.HI/c1-8-10-11-20(17-26-22(30)31-23(4,5)6)27-21(24-9-2)25-16-19(3)18-29-14-12-28(7)13-15-29;/h19-20H,8-18H2,1-7H3,(H,26,30)(H2,24,25,27);1H.